The van der Waals surface area contributed by atoms with Crippen molar-refractivity contribution >= 4 is 17.8 Å². The van der Waals surface area contributed by atoms with E-state index in [1.54, 1.807) is 0 Å². The highest BCUT2D eigenvalue weighted by atomic mass is 32.2. The number of rotatable bonds is 4. The molecule has 0 unspecified atom stereocenters. The molecule has 0 aromatic heterocycles. The second-order valence-corrected chi connectivity index (χ2v) is 6.26. The van der Waals surface area contributed by atoms with Gasteiger partial charge in [-0.05, 0) is 18.3 Å². The summed E-state index contributed by atoms with van der Waals surface area (Å²) < 4.78 is 80.0. The Morgan fingerprint density at radius 3 is 1.96 bits per heavy atom. The molecular formula is C11H16F6N2O3S. The Balaban J connectivity index is 0.000000322. The van der Waals surface area contributed by atoms with Crippen molar-refractivity contribution in [2.45, 2.75) is 37.7 Å². The molecule has 12 heteroatoms. The maximum atomic E-state index is 12.0. The SMILES string of the molecule is O=C(O)C(F)(F)F.O=[SH]N(CCC(F)(F)F)C1CC2(CNC2)C1. The quantitative estimate of drug-likeness (QED) is 0.518. The molecule has 1 spiro atoms. The fraction of sp³-hybridized carbons (Fsp3) is 0.909. The number of carboxylic acids is 1. The summed E-state index contributed by atoms with van der Waals surface area (Å²) in [7, 11) is 0. The molecule has 5 nitrogen and oxygen atoms in total. The summed E-state index contributed by atoms with van der Waals surface area (Å²) in [4.78, 5) is 8.90. The summed E-state index contributed by atoms with van der Waals surface area (Å²) in [5.41, 5.74) is 0.297. The van der Waals surface area contributed by atoms with Crippen LogP contribution in [0.3, 0.4) is 0 Å². The number of carboxylic acid groups (broad SMARTS) is 1. The van der Waals surface area contributed by atoms with E-state index in [4.69, 9.17) is 9.90 Å². The van der Waals surface area contributed by atoms with E-state index < -0.39 is 24.7 Å². The molecule has 1 aliphatic heterocycles. The van der Waals surface area contributed by atoms with Crippen molar-refractivity contribution in [3.8, 4) is 0 Å². The van der Waals surface area contributed by atoms with Gasteiger partial charge in [-0.25, -0.2) is 13.3 Å². The highest BCUT2D eigenvalue weighted by molar-refractivity contribution is 7.63. The molecule has 0 atom stereocenters. The fourth-order valence-electron chi connectivity index (χ4n) is 2.45. The van der Waals surface area contributed by atoms with E-state index in [-0.39, 0.29) is 24.4 Å². The number of nitrogens with one attached hydrogen (secondary N) is 1. The summed E-state index contributed by atoms with van der Waals surface area (Å²) in [6.45, 7) is 1.74. The molecule has 1 aliphatic carbocycles. The number of hydrogen-bond donors (Lipinski definition) is 3. The minimum atomic E-state index is -5.08. The summed E-state index contributed by atoms with van der Waals surface area (Å²) >= 11 is -0.285. The van der Waals surface area contributed by atoms with Gasteiger partial charge in [0.15, 0.2) is 0 Å². The van der Waals surface area contributed by atoms with Crippen LogP contribution in [0, 0.1) is 5.41 Å². The fourth-order valence-corrected chi connectivity index (χ4v) is 2.93. The average Bonchev–Trinajstić information content (AvgIpc) is 2.27. The molecule has 2 N–H and O–H groups in total. The number of hydrogen-bond acceptors (Lipinski definition) is 3. The molecule has 1 heterocycles. The van der Waals surface area contributed by atoms with E-state index in [2.05, 4.69) is 5.32 Å². The number of aliphatic carboxylic acids is 1. The molecule has 0 radical (unpaired) electrons. The van der Waals surface area contributed by atoms with Crippen LogP contribution in [0.2, 0.25) is 0 Å². The zero-order valence-corrected chi connectivity index (χ0v) is 12.6. The van der Waals surface area contributed by atoms with E-state index >= 15 is 0 Å². The van der Waals surface area contributed by atoms with Crippen LogP contribution in [-0.2, 0) is 16.6 Å². The first-order chi connectivity index (χ1) is 10.4. The molecule has 2 aliphatic rings. The van der Waals surface area contributed by atoms with Crippen LogP contribution in [0.15, 0.2) is 0 Å². The summed E-state index contributed by atoms with van der Waals surface area (Å²) in [6.07, 6.45) is -8.40. The molecule has 0 amide bonds. The first-order valence-corrected chi connectivity index (χ1v) is 7.33. The van der Waals surface area contributed by atoms with Crippen molar-refractivity contribution in [3.05, 3.63) is 0 Å². The van der Waals surface area contributed by atoms with Gasteiger partial charge in [0.1, 0.15) is 0 Å². The third-order valence-electron chi connectivity index (χ3n) is 3.73. The van der Waals surface area contributed by atoms with Gasteiger partial charge in [0.05, 0.1) is 18.3 Å². The van der Waals surface area contributed by atoms with Crippen LogP contribution in [0.5, 0.6) is 0 Å². The van der Waals surface area contributed by atoms with E-state index in [0.717, 1.165) is 25.9 Å². The first-order valence-electron chi connectivity index (χ1n) is 6.56. The highest BCUT2D eigenvalue weighted by Gasteiger charge is 2.50. The molecule has 136 valence electrons. The number of alkyl halides is 6. The average molecular weight is 370 g/mol. The molecule has 0 aromatic carbocycles. The van der Waals surface area contributed by atoms with Gasteiger partial charge < -0.3 is 10.4 Å². The van der Waals surface area contributed by atoms with Crippen molar-refractivity contribution < 1.29 is 40.5 Å². The number of nitrogens with zero attached hydrogens (tertiary/aromatic N) is 1. The third kappa shape index (κ3) is 6.26. The molecule has 1 saturated heterocycles. The van der Waals surface area contributed by atoms with E-state index in [1.165, 1.54) is 4.31 Å². The second kappa shape index (κ2) is 7.34. The monoisotopic (exact) mass is 370 g/mol. The molecule has 0 bridgehead atoms. The van der Waals surface area contributed by atoms with Crippen LogP contribution in [0.4, 0.5) is 26.3 Å². The third-order valence-corrected chi connectivity index (χ3v) is 4.47. The summed E-state index contributed by atoms with van der Waals surface area (Å²) in [5.74, 6) is -2.76. The van der Waals surface area contributed by atoms with Gasteiger partial charge in [0, 0.05) is 25.7 Å². The van der Waals surface area contributed by atoms with Crippen LogP contribution < -0.4 is 5.32 Å². The normalized spacial score (nSPS) is 20.5. The Kier molecular flexibility index (Phi) is 6.44. The van der Waals surface area contributed by atoms with Gasteiger partial charge >= 0.3 is 18.3 Å². The van der Waals surface area contributed by atoms with Gasteiger partial charge in [-0.2, -0.15) is 26.3 Å². The molecule has 23 heavy (non-hydrogen) atoms. The van der Waals surface area contributed by atoms with Gasteiger partial charge in [0.25, 0.3) is 0 Å². The number of thiol groups is 1. The predicted molar refractivity (Wildman–Crippen MR) is 68.9 cm³/mol. The topological polar surface area (TPSA) is 69.6 Å². The van der Waals surface area contributed by atoms with E-state index in [0.29, 0.717) is 5.41 Å². The standard InChI is InChI=1S/C9H15F3N2OS.C2HF3O2/c10-9(11,12)1-2-14(16-15)7-3-8(4-7)5-13-6-8;3-2(4,5)1(6)7/h7,13,16H,1-6H2;(H,6,7). The van der Waals surface area contributed by atoms with Crippen LogP contribution >= 0.6 is 0 Å². The number of carbonyl (C=O) groups is 1. The second-order valence-electron chi connectivity index (χ2n) is 5.58. The van der Waals surface area contributed by atoms with E-state index in [9.17, 15) is 30.6 Å². The van der Waals surface area contributed by atoms with Crippen LogP contribution in [-0.4, -0.2) is 57.6 Å². The van der Waals surface area contributed by atoms with Gasteiger partial charge in [0.2, 0.25) is 0 Å². The lowest BCUT2D eigenvalue weighted by atomic mass is 9.61. The molecule has 2 rings (SSSR count). The van der Waals surface area contributed by atoms with Gasteiger partial charge in [-0.15, -0.1) is 0 Å². The molecular weight excluding hydrogens is 354 g/mol. The van der Waals surface area contributed by atoms with Crippen molar-refractivity contribution in [2.75, 3.05) is 19.6 Å². The van der Waals surface area contributed by atoms with Crippen molar-refractivity contribution in [1.29, 1.82) is 0 Å². The maximum Gasteiger partial charge on any atom is 0.490 e. The first kappa shape index (κ1) is 20.2. The van der Waals surface area contributed by atoms with Crippen molar-refractivity contribution in [1.82, 2.24) is 9.62 Å². The van der Waals surface area contributed by atoms with Crippen LogP contribution in [0.1, 0.15) is 19.3 Å². The largest absolute Gasteiger partial charge is 0.490 e. The minimum Gasteiger partial charge on any atom is -0.475 e. The highest BCUT2D eigenvalue weighted by Crippen LogP contribution is 2.46. The maximum absolute atomic E-state index is 12.0. The predicted octanol–water partition coefficient (Wildman–Crippen LogP) is 1.49. The minimum absolute atomic E-state index is 0.0589. The Morgan fingerprint density at radius 1 is 1.22 bits per heavy atom. The Labute approximate surface area is 131 Å². The van der Waals surface area contributed by atoms with Gasteiger partial charge in [-0.3, -0.25) is 0 Å². The lowest BCUT2D eigenvalue weighted by Crippen LogP contribution is -2.64. The summed E-state index contributed by atoms with van der Waals surface area (Å²) in [6, 6.07) is 0.0589. The zero-order valence-electron chi connectivity index (χ0n) is 11.7. The van der Waals surface area contributed by atoms with Gasteiger partial charge in [-0.1, -0.05) is 0 Å². The lowest BCUT2D eigenvalue weighted by Gasteiger charge is -2.56. The Bertz CT molecular complexity index is 430. The molecule has 0 aromatic rings. The van der Waals surface area contributed by atoms with E-state index in [1.807, 2.05) is 0 Å². The molecule has 1 saturated carbocycles. The van der Waals surface area contributed by atoms with Crippen molar-refractivity contribution in [2.24, 2.45) is 5.41 Å². The Hall–Kier alpha value is -0.880. The Morgan fingerprint density at radius 2 is 1.70 bits per heavy atom. The number of halogens is 6. The van der Waals surface area contributed by atoms with Crippen molar-refractivity contribution in [3.63, 3.8) is 0 Å². The molecule has 2 fully saturated rings. The smallest absolute Gasteiger partial charge is 0.475 e. The summed E-state index contributed by atoms with van der Waals surface area (Å²) in [5, 5.41) is 10.3. The van der Waals surface area contributed by atoms with Crippen LogP contribution in [0.25, 0.3) is 0 Å². The lowest BCUT2D eigenvalue weighted by molar-refractivity contribution is -0.192. The zero-order chi connectivity index (χ0) is 17.9.